The van der Waals surface area contributed by atoms with E-state index >= 15 is 0 Å². The van der Waals surface area contributed by atoms with E-state index in [1.807, 2.05) is 0 Å². The maximum absolute atomic E-state index is 12.0. The number of Topliss-reactive ketones (excluding diaryl/α,β-unsaturated/α-hetero) is 1. The second-order valence-corrected chi connectivity index (χ2v) is 5.33. The van der Waals surface area contributed by atoms with Crippen molar-refractivity contribution in [3.05, 3.63) is 29.8 Å². The van der Waals surface area contributed by atoms with Crippen LogP contribution in [-0.4, -0.2) is 15.7 Å². The van der Waals surface area contributed by atoms with Crippen LogP contribution in [0.3, 0.4) is 0 Å². The first-order chi connectivity index (χ1) is 8.15. The van der Waals surface area contributed by atoms with Crippen molar-refractivity contribution in [3.8, 4) is 5.75 Å². The topological polar surface area (TPSA) is 37.3 Å². The van der Waals surface area contributed by atoms with Crippen molar-refractivity contribution in [3.63, 3.8) is 0 Å². The molecule has 1 unspecified atom stereocenters. The molecular weight excluding hydrogens is 280 g/mol. The summed E-state index contributed by atoms with van der Waals surface area (Å²) in [5, 5.41) is 9.15. The van der Waals surface area contributed by atoms with E-state index in [0.717, 1.165) is 12.8 Å². The Morgan fingerprint density at radius 2 is 1.88 bits per heavy atom. The van der Waals surface area contributed by atoms with Gasteiger partial charge in [-0.05, 0) is 30.7 Å². The van der Waals surface area contributed by atoms with Crippen LogP contribution in [0.1, 0.15) is 49.4 Å². The van der Waals surface area contributed by atoms with Gasteiger partial charge in [0.05, 0.1) is 4.83 Å². The number of aromatic hydroxyl groups is 1. The van der Waals surface area contributed by atoms with Gasteiger partial charge in [-0.3, -0.25) is 4.79 Å². The van der Waals surface area contributed by atoms with E-state index in [4.69, 9.17) is 5.11 Å². The molecule has 0 spiro atoms. The first-order valence-corrected chi connectivity index (χ1v) is 7.04. The average Bonchev–Trinajstić information content (AvgIpc) is 2.34. The van der Waals surface area contributed by atoms with Crippen LogP contribution >= 0.6 is 15.9 Å². The molecule has 0 aliphatic carbocycles. The van der Waals surface area contributed by atoms with Crippen LogP contribution in [0.2, 0.25) is 0 Å². The van der Waals surface area contributed by atoms with Crippen molar-refractivity contribution in [2.75, 3.05) is 0 Å². The van der Waals surface area contributed by atoms with Gasteiger partial charge in [-0.1, -0.05) is 48.5 Å². The highest BCUT2D eigenvalue weighted by molar-refractivity contribution is 9.10. The van der Waals surface area contributed by atoms with Gasteiger partial charge in [0.25, 0.3) is 0 Å². The minimum Gasteiger partial charge on any atom is -0.508 e. The lowest BCUT2D eigenvalue weighted by atomic mass is 10.0. The van der Waals surface area contributed by atoms with Crippen LogP contribution in [-0.2, 0) is 0 Å². The van der Waals surface area contributed by atoms with Crippen LogP contribution in [0.25, 0.3) is 0 Å². The predicted octanol–water partition coefficient (Wildman–Crippen LogP) is 4.31. The third kappa shape index (κ3) is 4.90. The summed E-state index contributed by atoms with van der Waals surface area (Å²) >= 11 is 3.44. The molecule has 1 aromatic carbocycles. The fourth-order valence-corrected chi connectivity index (χ4v) is 2.28. The molecule has 0 aliphatic rings. The molecule has 1 atom stereocenters. The van der Waals surface area contributed by atoms with Crippen LogP contribution in [0.4, 0.5) is 0 Å². The van der Waals surface area contributed by atoms with Gasteiger partial charge in [0.1, 0.15) is 5.75 Å². The van der Waals surface area contributed by atoms with E-state index in [1.165, 1.54) is 19.3 Å². The largest absolute Gasteiger partial charge is 0.508 e. The number of unbranched alkanes of at least 4 members (excludes halogenated alkanes) is 3. The van der Waals surface area contributed by atoms with Crippen molar-refractivity contribution in [1.82, 2.24) is 0 Å². The first-order valence-electron chi connectivity index (χ1n) is 6.12. The number of carbonyl (C=O) groups is 1. The number of alkyl halides is 1. The second-order valence-electron chi connectivity index (χ2n) is 4.23. The maximum atomic E-state index is 12.0. The Kier molecular flexibility index (Phi) is 6.27. The normalized spacial score (nSPS) is 12.4. The third-order valence-corrected chi connectivity index (χ3v) is 3.62. The second kappa shape index (κ2) is 7.49. The minimum absolute atomic E-state index is 0.0986. The van der Waals surface area contributed by atoms with Crippen LogP contribution in [0, 0.1) is 0 Å². The van der Waals surface area contributed by atoms with Gasteiger partial charge in [0.2, 0.25) is 0 Å². The van der Waals surface area contributed by atoms with E-state index in [1.54, 1.807) is 24.3 Å². The molecule has 0 aromatic heterocycles. The standard InChI is InChI=1S/C14H19BrO2/c1-2-3-4-5-6-13(15)14(17)11-7-9-12(16)10-8-11/h7-10,13,16H,2-6H2,1H3. The van der Waals surface area contributed by atoms with Gasteiger partial charge < -0.3 is 5.11 Å². The minimum atomic E-state index is -0.108. The molecule has 0 radical (unpaired) electrons. The Hall–Kier alpha value is -0.830. The summed E-state index contributed by atoms with van der Waals surface area (Å²) in [5.74, 6) is 0.289. The van der Waals surface area contributed by atoms with E-state index in [-0.39, 0.29) is 16.4 Å². The van der Waals surface area contributed by atoms with E-state index in [0.29, 0.717) is 5.56 Å². The summed E-state index contributed by atoms with van der Waals surface area (Å²) in [4.78, 5) is 11.9. The molecule has 0 aliphatic heterocycles. The summed E-state index contributed by atoms with van der Waals surface area (Å²) < 4.78 is 0. The molecule has 3 heteroatoms. The summed E-state index contributed by atoms with van der Waals surface area (Å²) in [6.07, 6.45) is 5.57. The highest BCUT2D eigenvalue weighted by atomic mass is 79.9. The van der Waals surface area contributed by atoms with Gasteiger partial charge >= 0.3 is 0 Å². The van der Waals surface area contributed by atoms with E-state index in [9.17, 15) is 4.79 Å². The predicted molar refractivity (Wildman–Crippen MR) is 73.9 cm³/mol. The Labute approximate surface area is 111 Å². The number of benzene rings is 1. The number of hydrogen-bond acceptors (Lipinski definition) is 2. The fraction of sp³-hybridized carbons (Fsp3) is 0.500. The van der Waals surface area contributed by atoms with Gasteiger partial charge in [-0.25, -0.2) is 0 Å². The zero-order chi connectivity index (χ0) is 12.7. The van der Waals surface area contributed by atoms with Crippen molar-refractivity contribution < 1.29 is 9.90 Å². The molecule has 2 nitrogen and oxygen atoms in total. The third-order valence-electron chi connectivity index (χ3n) is 2.75. The highest BCUT2D eigenvalue weighted by Gasteiger charge is 2.16. The number of hydrogen-bond donors (Lipinski definition) is 1. The number of phenolic OH excluding ortho intramolecular Hbond substituents is 1. The van der Waals surface area contributed by atoms with Crippen LogP contribution in [0.15, 0.2) is 24.3 Å². The van der Waals surface area contributed by atoms with Gasteiger partial charge in [0.15, 0.2) is 5.78 Å². The smallest absolute Gasteiger partial charge is 0.176 e. The van der Waals surface area contributed by atoms with Crippen LogP contribution in [0.5, 0.6) is 5.75 Å². The quantitative estimate of drug-likeness (QED) is 0.463. The summed E-state index contributed by atoms with van der Waals surface area (Å²) in [6, 6.07) is 6.42. The molecule has 94 valence electrons. The summed E-state index contributed by atoms with van der Waals surface area (Å²) in [6.45, 7) is 2.17. The lowest BCUT2D eigenvalue weighted by Crippen LogP contribution is -2.13. The van der Waals surface area contributed by atoms with Crippen molar-refractivity contribution in [2.45, 2.75) is 43.9 Å². The average molecular weight is 299 g/mol. The molecular formula is C14H19BrO2. The monoisotopic (exact) mass is 298 g/mol. The van der Waals surface area contributed by atoms with Gasteiger partial charge in [-0.2, -0.15) is 0 Å². The fourth-order valence-electron chi connectivity index (χ4n) is 1.69. The molecule has 0 saturated heterocycles. The number of carbonyl (C=O) groups excluding carboxylic acids is 1. The lowest BCUT2D eigenvalue weighted by Gasteiger charge is -2.08. The molecule has 17 heavy (non-hydrogen) atoms. The van der Waals surface area contributed by atoms with E-state index < -0.39 is 0 Å². The number of phenols is 1. The zero-order valence-corrected chi connectivity index (χ0v) is 11.7. The Morgan fingerprint density at radius 3 is 2.47 bits per heavy atom. The van der Waals surface area contributed by atoms with Crippen molar-refractivity contribution in [2.24, 2.45) is 0 Å². The SMILES string of the molecule is CCCCCCC(Br)C(=O)c1ccc(O)cc1. The molecule has 0 heterocycles. The van der Waals surface area contributed by atoms with Crippen molar-refractivity contribution >= 4 is 21.7 Å². The Bertz CT molecular complexity index is 346. The highest BCUT2D eigenvalue weighted by Crippen LogP contribution is 2.19. The molecule has 0 amide bonds. The van der Waals surface area contributed by atoms with E-state index in [2.05, 4.69) is 22.9 Å². The summed E-state index contributed by atoms with van der Waals surface area (Å²) in [7, 11) is 0. The maximum Gasteiger partial charge on any atom is 0.176 e. The molecule has 1 aromatic rings. The Balaban J connectivity index is 2.43. The molecule has 0 bridgehead atoms. The van der Waals surface area contributed by atoms with Gasteiger partial charge in [-0.15, -0.1) is 0 Å². The number of rotatable bonds is 7. The molecule has 1 rings (SSSR count). The molecule has 0 fully saturated rings. The summed E-state index contributed by atoms with van der Waals surface area (Å²) in [5.41, 5.74) is 0.653. The first kappa shape index (κ1) is 14.2. The number of ketones is 1. The molecule has 1 N–H and O–H groups in total. The van der Waals surface area contributed by atoms with Gasteiger partial charge in [0, 0.05) is 5.56 Å². The van der Waals surface area contributed by atoms with Crippen LogP contribution < -0.4 is 0 Å². The molecule has 0 saturated carbocycles. The number of halogens is 1. The zero-order valence-electron chi connectivity index (χ0n) is 10.2. The lowest BCUT2D eigenvalue weighted by molar-refractivity contribution is 0.0988. The van der Waals surface area contributed by atoms with Crippen molar-refractivity contribution in [1.29, 1.82) is 0 Å². The Morgan fingerprint density at radius 1 is 1.24 bits per heavy atom.